The van der Waals surface area contributed by atoms with Gasteiger partial charge in [-0.05, 0) is 30.3 Å². The molecular formula is C17H20N2O. The lowest BCUT2D eigenvalue weighted by atomic mass is 10.0. The fraction of sp³-hybridized carbons (Fsp3) is 0.294. The Bertz CT molecular complexity index is 578. The molecule has 0 saturated carbocycles. The van der Waals surface area contributed by atoms with Gasteiger partial charge in [0.1, 0.15) is 5.75 Å². The smallest absolute Gasteiger partial charge is 0.122 e. The second-order valence-corrected chi connectivity index (χ2v) is 5.37. The molecule has 0 fully saturated rings. The first-order valence-corrected chi connectivity index (χ1v) is 6.97. The molecule has 1 N–H and O–H groups in total. The number of nitrogens with zero attached hydrogens (tertiary/aromatic N) is 1. The van der Waals surface area contributed by atoms with Crippen LogP contribution in [0.2, 0.25) is 0 Å². The van der Waals surface area contributed by atoms with Crippen LogP contribution in [0, 0.1) is 0 Å². The Hall–Kier alpha value is -2.16. The van der Waals surface area contributed by atoms with Crippen molar-refractivity contribution < 1.29 is 4.74 Å². The third kappa shape index (κ3) is 2.57. The fourth-order valence-corrected chi connectivity index (χ4v) is 2.52. The Kier molecular flexibility index (Phi) is 3.50. The zero-order chi connectivity index (χ0) is 13.9. The van der Waals surface area contributed by atoms with Gasteiger partial charge >= 0.3 is 0 Å². The van der Waals surface area contributed by atoms with Gasteiger partial charge in [0, 0.05) is 43.5 Å². The van der Waals surface area contributed by atoms with E-state index in [-0.39, 0.29) is 0 Å². The molecule has 0 amide bonds. The molecule has 3 nitrogen and oxygen atoms in total. The van der Waals surface area contributed by atoms with E-state index in [2.05, 4.69) is 60.7 Å². The quantitative estimate of drug-likeness (QED) is 0.920. The van der Waals surface area contributed by atoms with Gasteiger partial charge in [-0.2, -0.15) is 0 Å². The summed E-state index contributed by atoms with van der Waals surface area (Å²) in [5.74, 6) is 1.46. The van der Waals surface area contributed by atoms with E-state index in [1.54, 1.807) is 0 Å². The van der Waals surface area contributed by atoms with Crippen LogP contribution in [0.3, 0.4) is 0 Å². The third-order valence-corrected chi connectivity index (χ3v) is 3.74. The summed E-state index contributed by atoms with van der Waals surface area (Å²) >= 11 is 0. The van der Waals surface area contributed by atoms with Gasteiger partial charge in [0.2, 0.25) is 0 Å². The Balaban J connectivity index is 1.63. The van der Waals surface area contributed by atoms with E-state index in [0.717, 1.165) is 24.6 Å². The second-order valence-electron chi connectivity index (χ2n) is 5.37. The number of rotatable bonds is 4. The number of nitrogens with one attached hydrogen (secondary N) is 1. The van der Waals surface area contributed by atoms with Crippen LogP contribution < -0.4 is 15.0 Å². The number of hydrogen-bond donors (Lipinski definition) is 1. The first-order valence-electron chi connectivity index (χ1n) is 6.97. The molecule has 1 heterocycles. The summed E-state index contributed by atoms with van der Waals surface area (Å²) in [6.07, 6.45) is 0. The van der Waals surface area contributed by atoms with Gasteiger partial charge in [-0.1, -0.05) is 18.2 Å². The minimum atomic E-state index is 0.430. The minimum absolute atomic E-state index is 0.430. The first-order chi connectivity index (χ1) is 9.74. The van der Waals surface area contributed by atoms with Crippen LogP contribution in [0.15, 0.2) is 48.5 Å². The van der Waals surface area contributed by atoms with E-state index in [4.69, 9.17) is 4.74 Å². The summed E-state index contributed by atoms with van der Waals surface area (Å²) < 4.78 is 5.70. The minimum Gasteiger partial charge on any atom is -0.493 e. The summed E-state index contributed by atoms with van der Waals surface area (Å²) in [6, 6.07) is 16.8. The summed E-state index contributed by atoms with van der Waals surface area (Å²) in [4.78, 5) is 2.10. The standard InChI is InChI=1S/C17H20N2O/c1-19(2)15-9-7-14(8-10-15)18-11-13-12-20-17-6-4-3-5-16(13)17/h3-10,13,18H,11-12H2,1-2H3. The van der Waals surface area contributed by atoms with Gasteiger partial charge in [-0.25, -0.2) is 0 Å². The SMILES string of the molecule is CN(C)c1ccc(NCC2COc3ccccc32)cc1. The van der Waals surface area contributed by atoms with Crippen molar-refractivity contribution in [2.45, 2.75) is 5.92 Å². The molecule has 0 bridgehead atoms. The molecule has 1 aliphatic rings. The van der Waals surface area contributed by atoms with E-state index >= 15 is 0 Å². The molecule has 0 aromatic heterocycles. The summed E-state index contributed by atoms with van der Waals surface area (Å²) in [5, 5.41) is 3.50. The number of fused-ring (bicyclic) bond motifs is 1. The predicted molar refractivity (Wildman–Crippen MR) is 83.9 cm³/mol. The van der Waals surface area contributed by atoms with Crippen molar-refractivity contribution in [2.75, 3.05) is 37.5 Å². The Labute approximate surface area is 120 Å². The highest BCUT2D eigenvalue weighted by Gasteiger charge is 2.22. The van der Waals surface area contributed by atoms with Crippen LogP contribution in [-0.4, -0.2) is 27.2 Å². The maximum atomic E-state index is 5.70. The molecule has 104 valence electrons. The normalized spacial score (nSPS) is 16.4. The van der Waals surface area contributed by atoms with E-state index in [9.17, 15) is 0 Å². The Morgan fingerprint density at radius 2 is 1.85 bits per heavy atom. The van der Waals surface area contributed by atoms with E-state index in [0.29, 0.717) is 5.92 Å². The number of hydrogen-bond acceptors (Lipinski definition) is 3. The average molecular weight is 268 g/mol. The fourth-order valence-electron chi connectivity index (χ4n) is 2.52. The molecule has 0 saturated heterocycles. The van der Waals surface area contributed by atoms with Crippen LogP contribution in [-0.2, 0) is 0 Å². The highest BCUT2D eigenvalue weighted by atomic mass is 16.5. The van der Waals surface area contributed by atoms with Crippen LogP contribution in [0.1, 0.15) is 11.5 Å². The van der Waals surface area contributed by atoms with Gasteiger partial charge in [0.25, 0.3) is 0 Å². The van der Waals surface area contributed by atoms with Gasteiger partial charge in [-0.3, -0.25) is 0 Å². The van der Waals surface area contributed by atoms with Crippen molar-refractivity contribution in [2.24, 2.45) is 0 Å². The zero-order valence-corrected chi connectivity index (χ0v) is 12.0. The van der Waals surface area contributed by atoms with Gasteiger partial charge in [-0.15, -0.1) is 0 Å². The van der Waals surface area contributed by atoms with Gasteiger partial charge in [0.05, 0.1) is 6.61 Å². The number of anilines is 2. The van der Waals surface area contributed by atoms with Crippen LogP contribution in [0.25, 0.3) is 0 Å². The predicted octanol–water partition coefficient (Wildman–Crippen LogP) is 3.34. The molecule has 1 atom stereocenters. The third-order valence-electron chi connectivity index (χ3n) is 3.74. The molecule has 3 heteroatoms. The van der Waals surface area contributed by atoms with Crippen LogP contribution in [0.4, 0.5) is 11.4 Å². The summed E-state index contributed by atoms with van der Waals surface area (Å²) in [6.45, 7) is 1.67. The zero-order valence-electron chi connectivity index (χ0n) is 12.0. The molecule has 20 heavy (non-hydrogen) atoms. The molecule has 3 rings (SSSR count). The lowest BCUT2D eigenvalue weighted by molar-refractivity contribution is 0.334. The lowest BCUT2D eigenvalue weighted by Gasteiger charge is -2.15. The first kappa shape index (κ1) is 12.9. The maximum Gasteiger partial charge on any atom is 0.122 e. The van der Waals surface area contributed by atoms with Gasteiger partial charge < -0.3 is 15.0 Å². The average Bonchev–Trinajstić information content (AvgIpc) is 2.89. The van der Waals surface area contributed by atoms with Crippen molar-refractivity contribution in [3.63, 3.8) is 0 Å². The molecule has 2 aromatic carbocycles. The number of benzene rings is 2. The highest BCUT2D eigenvalue weighted by Crippen LogP contribution is 2.33. The van der Waals surface area contributed by atoms with Crippen molar-refractivity contribution in [1.29, 1.82) is 0 Å². The van der Waals surface area contributed by atoms with E-state index < -0.39 is 0 Å². The number of para-hydroxylation sites is 1. The molecule has 0 spiro atoms. The highest BCUT2D eigenvalue weighted by molar-refractivity contribution is 5.54. The Morgan fingerprint density at radius 3 is 2.60 bits per heavy atom. The maximum absolute atomic E-state index is 5.70. The van der Waals surface area contributed by atoms with Crippen LogP contribution in [0.5, 0.6) is 5.75 Å². The van der Waals surface area contributed by atoms with Crippen molar-refractivity contribution >= 4 is 11.4 Å². The van der Waals surface area contributed by atoms with Crippen molar-refractivity contribution in [3.05, 3.63) is 54.1 Å². The molecule has 0 radical (unpaired) electrons. The Morgan fingerprint density at radius 1 is 1.10 bits per heavy atom. The van der Waals surface area contributed by atoms with E-state index in [1.165, 1.54) is 11.3 Å². The number of ether oxygens (including phenoxy) is 1. The summed E-state index contributed by atoms with van der Waals surface area (Å²) in [7, 11) is 4.10. The molecule has 1 aliphatic heterocycles. The summed E-state index contributed by atoms with van der Waals surface area (Å²) in [5.41, 5.74) is 3.68. The van der Waals surface area contributed by atoms with Crippen LogP contribution >= 0.6 is 0 Å². The monoisotopic (exact) mass is 268 g/mol. The second kappa shape index (κ2) is 5.45. The molecule has 2 aromatic rings. The van der Waals surface area contributed by atoms with Crippen molar-refractivity contribution in [1.82, 2.24) is 0 Å². The lowest BCUT2D eigenvalue weighted by Crippen LogP contribution is -2.14. The van der Waals surface area contributed by atoms with Crippen molar-refractivity contribution in [3.8, 4) is 5.75 Å². The topological polar surface area (TPSA) is 24.5 Å². The molecular weight excluding hydrogens is 248 g/mol. The van der Waals surface area contributed by atoms with E-state index in [1.807, 2.05) is 12.1 Å². The molecule has 0 aliphatic carbocycles. The molecule has 1 unspecified atom stereocenters. The largest absolute Gasteiger partial charge is 0.493 e. The van der Waals surface area contributed by atoms with Gasteiger partial charge in [0.15, 0.2) is 0 Å².